The summed E-state index contributed by atoms with van der Waals surface area (Å²) < 4.78 is 11.8. The number of carbonyl (C=O) groups is 4. The molecule has 1 saturated carbocycles. The number of amides is 2. The first-order valence-electron chi connectivity index (χ1n) is 17.1. The number of carbonyl (C=O) groups excluding carboxylic acids is 4. The highest BCUT2D eigenvalue weighted by Crippen LogP contribution is 2.32. The van der Waals surface area contributed by atoms with Gasteiger partial charge >= 0.3 is 0 Å². The van der Waals surface area contributed by atoms with Gasteiger partial charge in [0.1, 0.15) is 25.1 Å². The number of aryl methyl sites for hydroxylation is 1. The molecule has 0 aromatic heterocycles. The number of rotatable bonds is 14. The number of methoxy groups -OCH3 is 1. The van der Waals surface area contributed by atoms with Gasteiger partial charge in [0.15, 0.2) is 0 Å². The fraction of sp³-hybridized carbons (Fsp3) is 0.622. The summed E-state index contributed by atoms with van der Waals surface area (Å²) in [6, 6.07) is 6.30. The standard InChI is InChI=1S/C35H54N4O4.2CH2O/c1-26-15-19-33(43-25-31(26)35(41)36-21-9-8-13-27-11-6-5-7-12-27)32-14-10-22-39(32)24-29-23-30(42-4)18-16-28(29)17-20-34(40)37-38(2)3;2*1-2/h16,18-19,23,25-27,32H,5-15,17,20-22,24H2,1-4H3,(H,36,41)(H,37,40);2*1H2/t26?,32-;;/m0../s1. The minimum Gasteiger partial charge on any atom is -0.497 e. The Bertz CT molecular complexity index is 1160. The normalized spacial score (nSPS) is 19.9. The van der Waals surface area contributed by atoms with Crippen LogP contribution in [0.4, 0.5) is 0 Å². The van der Waals surface area contributed by atoms with Gasteiger partial charge in [-0.25, -0.2) is 5.01 Å². The van der Waals surface area contributed by atoms with E-state index < -0.39 is 0 Å². The third kappa shape index (κ3) is 13.3. The molecule has 0 bridgehead atoms. The molecular formula is C37H58N4O6. The number of hydrogen-bond acceptors (Lipinski definition) is 8. The molecule has 1 saturated heterocycles. The molecule has 2 N–H and O–H groups in total. The lowest BCUT2D eigenvalue weighted by atomic mass is 9.86. The molecule has 4 rings (SSSR count). The minimum atomic E-state index is 0.00224. The lowest BCUT2D eigenvalue weighted by Crippen LogP contribution is -2.36. The van der Waals surface area contributed by atoms with Gasteiger partial charge in [-0.05, 0) is 79.8 Å². The monoisotopic (exact) mass is 654 g/mol. The van der Waals surface area contributed by atoms with Crippen LogP contribution in [0, 0.1) is 11.8 Å². The van der Waals surface area contributed by atoms with Crippen molar-refractivity contribution in [2.75, 3.05) is 34.3 Å². The van der Waals surface area contributed by atoms with E-state index in [0.29, 0.717) is 12.8 Å². The topological polar surface area (TPSA) is 117 Å². The average molecular weight is 655 g/mol. The van der Waals surface area contributed by atoms with Crippen molar-refractivity contribution < 1.29 is 28.7 Å². The first-order chi connectivity index (χ1) is 22.8. The van der Waals surface area contributed by atoms with Gasteiger partial charge in [0.25, 0.3) is 5.91 Å². The Hall–Kier alpha value is -3.50. The van der Waals surface area contributed by atoms with E-state index in [-0.39, 0.29) is 23.8 Å². The van der Waals surface area contributed by atoms with Crippen molar-refractivity contribution in [1.82, 2.24) is 20.7 Å². The molecule has 47 heavy (non-hydrogen) atoms. The summed E-state index contributed by atoms with van der Waals surface area (Å²) in [5.41, 5.74) is 5.89. The molecule has 2 aliphatic heterocycles. The van der Waals surface area contributed by atoms with Crippen LogP contribution >= 0.6 is 0 Å². The zero-order valence-electron chi connectivity index (χ0n) is 29.2. The highest BCUT2D eigenvalue weighted by Gasteiger charge is 2.31. The zero-order valence-corrected chi connectivity index (χ0v) is 29.2. The summed E-state index contributed by atoms with van der Waals surface area (Å²) in [7, 11) is 5.32. The Morgan fingerprint density at radius 1 is 1.02 bits per heavy atom. The molecule has 2 heterocycles. The Kier molecular flexibility index (Phi) is 18.7. The second-order valence-electron chi connectivity index (χ2n) is 12.9. The predicted octanol–water partition coefficient (Wildman–Crippen LogP) is 5.51. The first kappa shape index (κ1) is 39.7. The minimum absolute atomic E-state index is 0.00224. The van der Waals surface area contributed by atoms with Crippen LogP contribution in [-0.2, 0) is 36.9 Å². The average Bonchev–Trinajstić information content (AvgIpc) is 3.46. The van der Waals surface area contributed by atoms with E-state index in [1.165, 1.54) is 50.5 Å². The molecule has 262 valence electrons. The maximum atomic E-state index is 13.1. The Balaban J connectivity index is 0.00000185. The molecule has 0 radical (unpaired) electrons. The van der Waals surface area contributed by atoms with Gasteiger partial charge in [0, 0.05) is 33.6 Å². The third-order valence-corrected chi connectivity index (χ3v) is 9.29. The maximum Gasteiger partial charge on any atom is 0.250 e. The second-order valence-corrected chi connectivity index (χ2v) is 12.9. The van der Waals surface area contributed by atoms with Crippen LogP contribution in [-0.4, -0.2) is 75.6 Å². The smallest absolute Gasteiger partial charge is 0.250 e. The summed E-state index contributed by atoms with van der Waals surface area (Å²) >= 11 is 0. The Morgan fingerprint density at radius 3 is 2.47 bits per heavy atom. The van der Waals surface area contributed by atoms with Gasteiger partial charge in [-0.3, -0.25) is 19.9 Å². The zero-order chi connectivity index (χ0) is 34.6. The fourth-order valence-corrected chi connectivity index (χ4v) is 6.78. The first-order valence-corrected chi connectivity index (χ1v) is 17.1. The van der Waals surface area contributed by atoms with E-state index in [4.69, 9.17) is 19.1 Å². The molecule has 3 aliphatic rings. The van der Waals surface area contributed by atoms with Gasteiger partial charge in [-0.15, -0.1) is 0 Å². The van der Waals surface area contributed by atoms with Crippen molar-refractivity contribution in [3.63, 3.8) is 0 Å². The number of unbranched alkanes of at least 4 members (excludes halogenated alkanes) is 1. The van der Waals surface area contributed by atoms with E-state index in [1.54, 1.807) is 18.4 Å². The van der Waals surface area contributed by atoms with Crippen molar-refractivity contribution in [3.05, 3.63) is 53.0 Å². The molecule has 0 spiro atoms. The van der Waals surface area contributed by atoms with E-state index in [9.17, 15) is 9.59 Å². The van der Waals surface area contributed by atoms with Gasteiger partial charge < -0.3 is 24.4 Å². The molecule has 10 nitrogen and oxygen atoms in total. The second kappa shape index (κ2) is 22.1. The molecule has 10 heteroatoms. The van der Waals surface area contributed by atoms with Gasteiger partial charge in [0.2, 0.25) is 5.91 Å². The molecule has 2 atom stereocenters. The number of hydrogen-bond donors (Lipinski definition) is 2. The highest BCUT2D eigenvalue weighted by molar-refractivity contribution is 5.93. The fourth-order valence-electron chi connectivity index (χ4n) is 6.78. The number of allylic oxidation sites excluding steroid dienone is 1. The van der Waals surface area contributed by atoms with Crippen LogP contribution in [0.25, 0.3) is 0 Å². The summed E-state index contributed by atoms with van der Waals surface area (Å²) in [6.07, 6.45) is 18.3. The van der Waals surface area contributed by atoms with Gasteiger partial charge in [-0.2, -0.15) is 0 Å². The summed E-state index contributed by atoms with van der Waals surface area (Å²) in [6.45, 7) is 8.56. The number of ether oxygens (including phenoxy) is 2. The van der Waals surface area contributed by atoms with Gasteiger partial charge in [0.05, 0.1) is 25.0 Å². The highest BCUT2D eigenvalue weighted by atomic mass is 16.5. The van der Waals surface area contributed by atoms with E-state index in [0.717, 1.165) is 73.9 Å². The van der Waals surface area contributed by atoms with E-state index in [1.807, 2.05) is 33.7 Å². The summed E-state index contributed by atoms with van der Waals surface area (Å²) in [5.74, 6) is 2.76. The number of benzene rings is 1. The Morgan fingerprint density at radius 2 is 1.77 bits per heavy atom. The maximum absolute atomic E-state index is 13.1. The molecule has 2 amide bonds. The van der Waals surface area contributed by atoms with Crippen molar-refractivity contribution in [2.24, 2.45) is 11.8 Å². The number of hydrazine groups is 1. The molecule has 2 fully saturated rings. The molecule has 1 unspecified atom stereocenters. The van der Waals surface area contributed by atoms with Gasteiger partial charge in [-0.1, -0.05) is 57.9 Å². The predicted molar refractivity (Wildman–Crippen MR) is 185 cm³/mol. The molecule has 1 aromatic rings. The molecular weight excluding hydrogens is 596 g/mol. The van der Waals surface area contributed by atoms with Crippen molar-refractivity contribution >= 4 is 25.4 Å². The van der Waals surface area contributed by atoms with Crippen LogP contribution < -0.4 is 15.5 Å². The van der Waals surface area contributed by atoms with Crippen molar-refractivity contribution in [1.29, 1.82) is 0 Å². The lowest BCUT2D eigenvalue weighted by Gasteiger charge is -2.27. The number of likely N-dealkylation sites (tertiary alicyclic amines) is 1. The largest absolute Gasteiger partial charge is 0.497 e. The van der Waals surface area contributed by atoms with Crippen LogP contribution in [0.1, 0.15) is 95.1 Å². The summed E-state index contributed by atoms with van der Waals surface area (Å²) in [5, 5.41) is 4.83. The van der Waals surface area contributed by atoms with Crippen molar-refractivity contribution in [3.8, 4) is 5.75 Å². The molecule has 1 aromatic carbocycles. The third-order valence-electron chi connectivity index (χ3n) is 9.29. The SMILES string of the molecule is C=O.C=O.COc1ccc(CCC(=O)NN(C)C)c(CN2CCC[C@H]2C2=CCC(C)C(C(=O)NCCCCC3CCCCC3)=CO2)c1. The van der Waals surface area contributed by atoms with Crippen LogP contribution in [0.2, 0.25) is 0 Å². The Labute approximate surface area is 282 Å². The lowest BCUT2D eigenvalue weighted by molar-refractivity contribution is -0.124. The summed E-state index contributed by atoms with van der Waals surface area (Å²) in [4.78, 5) is 43.8. The number of nitrogens with one attached hydrogen (secondary N) is 2. The number of nitrogens with zero attached hydrogens (tertiary/aromatic N) is 2. The van der Waals surface area contributed by atoms with Crippen LogP contribution in [0.15, 0.2) is 41.9 Å². The van der Waals surface area contributed by atoms with E-state index >= 15 is 0 Å². The van der Waals surface area contributed by atoms with Crippen molar-refractivity contribution in [2.45, 2.75) is 103 Å². The molecule has 1 aliphatic carbocycles. The van der Waals surface area contributed by atoms with Crippen LogP contribution in [0.5, 0.6) is 5.75 Å². The van der Waals surface area contributed by atoms with Crippen LogP contribution in [0.3, 0.4) is 0 Å². The van der Waals surface area contributed by atoms with E-state index in [2.05, 4.69) is 40.8 Å². The quantitative estimate of drug-likeness (QED) is 0.199.